The standard InChI is InChI=1S/C22H22F3N5O/c1-11(13-3-2-4-14(20(13)23)21(24)25)18-8-27-7-12-9-31-19-6-16-15(5-17(19)30(12)18)22(26)29-10-28-16/h2-6,10-12,18,21,27H,7-9H2,1H3,(H2,26,28,29)/t11-,12?,18?/m1/s1. The normalized spacial score (nSPS) is 21.5. The van der Waals surface area contributed by atoms with Crippen LogP contribution in [0.3, 0.4) is 0 Å². The summed E-state index contributed by atoms with van der Waals surface area (Å²) in [7, 11) is 0. The van der Waals surface area contributed by atoms with E-state index in [1.807, 2.05) is 19.1 Å². The number of nitrogens with two attached hydrogens (primary N) is 1. The first-order chi connectivity index (χ1) is 15.0. The number of nitrogens with zero attached hydrogens (tertiary/aromatic N) is 3. The van der Waals surface area contributed by atoms with Crippen LogP contribution in [0.15, 0.2) is 36.7 Å². The Kier molecular flexibility index (Phi) is 4.85. The molecule has 31 heavy (non-hydrogen) atoms. The Morgan fingerprint density at radius 2 is 2.00 bits per heavy atom. The zero-order valence-electron chi connectivity index (χ0n) is 16.9. The molecule has 2 aliphatic rings. The number of benzene rings is 2. The fraction of sp³-hybridized carbons (Fsp3) is 0.364. The van der Waals surface area contributed by atoms with Crippen molar-refractivity contribution in [2.45, 2.75) is 31.4 Å². The van der Waals surface area contributed by atoms with Gasteiger partial charge in [0.05, 0.1) is 22.8 Å². The smallest absolute Gasteiger partial charge is 0.266 e. The fourth-order valence-electron chi connectivity index (χ4n) is 4.69. The lowest BCUT2D eigenvalue weighted by molar-refractivity contribution is 0.146. The van der Waals surface area contributed by atoms with Crippen LogP contribution in [0.5, 0.6) is 5.75 Å². The van der Waals surface area contributed by atoms with Crippen molar-refractivity contribution in [3.8, 4) is 5.75 Å². The molecule has 0 aliphatic carbocycles. The van der Waals surface area contributed by atoms with Crippen LogP contribution in [-0.4, -0.2) is 41.7 Å². The van der Waals surface area contributed by atoms with E-state index in [1.165, 1.54) is 12.4 Å². The molecule has 3 heterocycles. The van der Waals surface area contributed by atoms with Crippen LogP contribution in [0, 0.1) is 5.82 Å². The molecule has 3 aromatic rings. The first-order valence-corrected chi connectivity index (χ1v) is 10.2. The number of nitrogens with one attached hydrogen (secondary N) is 1. The van der Waals surface area contributed by atoms with E-state index in [9.17, 15) is 13.2 Å². The average Bonchev–Trinajstić information content (AvgIpc) is 2.77. The summed E-state index contributed by atoms with van der Waals surface area (Å²) in [5.74, 6) is -0.148. The molecule has 3 N–H and O–H groups in total. The third-order valence-electron chi connectivity index (χ3n) is 6.30. The number of hydrogen-bond acceptors (Lipinski definition) is 6. The molecule has 0 spiro atoms. The van der Waals surface area contributed by atoms with Crippen molar-refractivity contribution in [2.24, 2.45) is 0 Å². The van der Waals surface area contributed by atoms with E-state index in [1.54, 1.807) is 6.07 Å². The van der Waals surface area contributed by atoms with Gasteiger partial charge in [0.15, 0.2) is 0 Å². The molecule has 162 valence electrons. The second-order valence-corrected chi connectivity index (χ2v) is 8.03. The molecule has 3 atom stereocenters. The zero-order chi connectivity index (χ0) is 21.7. The summed E-state index contributed by atoms with van der Waals surface area (Å²) in [6, 6.07) is 7.79. The summed E-state index contributed by atoms with van der Waals surface area (Å²) >= 11 is 0. The van der Waals surface area contributed by atoms with Crippen molar-refractivity contribution in [1.82, 2.24) is 15.3 Å². The van der Waals surface area contributed by atoms with Gasteiger partial charge in [-0.15, -0.1) is 0 Å². The number of fused-ring (bicyclic) bond motifs is 4. The van der Waals surface area contributed by atoms with Gasteiger partial charge in [-0.3, -0.25) is 0 Å². The average molecular weight is 429 g/mol. The third-order valence-corrected chi connectivity index (χ3v) is 6.30. The van der Waals surface area contributed by atoms with Crippen LogP contribution in [0.4, 0.5) is 24.7 Å². The predicted octanol–water partition coefficient (Wildman–Crippen LogP) is 3.63. The van der Waals surface area contributed by atoms with Crippen molar-refractivity contribution in [1.29, 1.82) is 0 Å². The van der Waals surface area contributed by atoms with Gasteiger partial charge in [-0.1, -0.05) is 25.1 Å². The lowest BCUT2D eigenvalue weighted by Crippen LogP contribution is -2.62. The number of piperazine rings is 1. The van der Waals surface area contributed by atoms with Crippen LogP contribution < -0.4 is 20.7 Å². The Bertz CT molecular complexity index is 1140. The van der Waals surface area contributed by atoms with Gasteiger partial charge in [-0.05, 0) is 11.6 Å². The minimum absolute atomic E-state index is 0.0124. The van der Waals surface area contributed by atoms with E-state index in [4.69, 9.17) is 10.5 Å². The second kappa shape index (κ2) is 7.56. The van der Waals surface area contributed by atoms with Crippen LogP contribution >= 0.6 is 0 Å². The highest BCUT2D eigenvalue weighted by Crippen LogP contribution is 2.42. The number of halogens is 3. The van der Waals surface area contributed by atoms with Gasteiger partial charge in [0, 0.05) is 36.5 Å². The summed E-state index contributed by atoms with van der Waals surface area (Å²) < 4.78 is 47.5. The molecule has 0 radical (unpaired) electrons. The molecule has 5 rings (SSSR count). The molecule has 2 unspecified atom stereocenters. The lowest BCUT2D eigenvalue weighted by atomic mass is 9.87. The minimum atomic E-state index is -2.86. The van der Waals surface area contributed by atoms with Gasteiger partial charge in [0.25, 0.3) is 6.43 Å². The maximum atomic E-state index is 14.9. The summed E-state index contributed by atoms with van der Waals surface area (Å²) in [5, 5.41) is 4.09. The van der Waals surface area contributed by atoms with Crippen molar-refractivity contribution in [2.75, 3.05) is 30.3 Å². The molecule has 0 bridgehead atoms. The highest BCUT2D eigenvalue weighted by molar-refractivity contribution is 5.93. The first-order valence-electron chi connectivity index (χ1n) is 10.2. The molecule has 2 aliphatic heterocycles. The van der Waals surface area contributed by atoms with Crippen molar-refractivity contribution in [3.05, 3.63) is 53.6 Å². The molecule has 1 saturated heterocycles. The van der Waals surface area contributed by atoms with E-state index in [-0.39, 0.29) is 23.6 Å². The topological polar surface area (TPSA) is 76.3 Å². The van der Waals surface area contributed by atoms with Gasteiger partial charge < -0.3 is 20.7 Å². The van der Waals surface area contributed by atoms with Gasteiger partial charge in [-0.2, -0.15) is 0 Å². The maximum Gasteiger partial charge on any atom is 0.266 e. The minimum Gasteiger partial charge on any atom is -0.489 e. The molecular formula is C22H22F3N5O. The largest absolute Gasteiger partial charge is 0.489 e. The lowest BCUT2D eigenvalue weighted by Gasteiger charge is -2.49. The van der Waals surface area contributed by atoms with E-state index in [2.05, 4.69) is 20.2 Å². The number of aromatic nitrogens is 2. The number of alkyl halides is 2. The SMILES string of the molecule is C[C@H](c1cccc(C(F)F)c1F)C1CNCC2COc3cc4ncnc(N)c4cc3N21. The van der Waals surface area contributed by atoms with Gasteiger partial charge in [-0.25, -0.2) is 23.1 Å². The van der Waals surface area contributed by atoms with Gasteiger partial charge >= 0.3 is 0 Å². The first kappa shape index (κ1) is 19.9. The van der Waals surface area contributed by atoms with Crippen molar-refractivity contribution >= 4 is 22.4 Å². The third kappa shape index (κ3) is 3.23. The molecule has 6 nitrogen and oxygen atoms in total. The molecule has 1 aromatic heterocycles. The van der Waals surface area contributed by atoms with Crippen molar-refractivity contribution in [3.63, 3.8) is 0 Å². The van der Waals surface area contributed by atoms with Crippen LogP contribution in [-0.2, 0) is 0 Å². The summed E-state index contributed by atoms with van der Waals surface area (Å²) in [5.41, 5.74) is 7.29. The molecule has 9 heteroatoms. The Balaban J connectivity index is 1.60. The fourth-order valence-corrected chi connectivity index (χ4v) is 4.69. The second-order valence-electron chi connectivity index (χ2n) is 8.03. The molecule has 1 fully saturated rings. The quantitative estimate of drug-likeness (QED) is 0.662. The highest BCUT2D eigenvalue weighted by Gasteiger charge is 2.40. The molecule has 0 amide bonds. The Labute approximate surface area is 177 Å². The Morgan fingerprint density at radius 1 is 1.19 bits per heavy atom. The number of anilines is 2. The predicted molar refractivity (Wildman–Crippen MR) is 112 cm³/mol. The van der Waals surface area contributed by atoms with E-state index >= 15 is 0 Å². The summed E-state index contributed by atoms with van der Waals surface area (Å²) in [4.78, 5) is 10.6. The van der Waals surface area contributed by atoms with E-state index in [0.717, 1.165) is 11.8 Å². The van der Waals surface area contributed by atoms with E-state index in [0.29, 0.717) is 42.2 Å². The summed E-state index contributed by atoms with van der Waals surface area (Å²) in [6.45, 7) is 3.60. The zero-order valence-corrected chi connectivity index (χ0v) is 16.9. The molecule has 0 saturated carbocycles. The molecule has 2 aromatic carbocycles. The van der Waals surface area contributed by atoms with Crippen LogP contribution in [0.25, 0.3) is 10.9 Å². The van der Waals surface area contributed by atoms with Crippen LogP contribution in [0.2, 0.25) is 0 Å². The number of hydrogen-bond donors (Lipinski definition) is 2. The Morgan fingerprint density at radius 3 is 2.81 bits per heavy atom. The van der Waals surface area contributed by atoms with Crippen molar-refractivity contribution < 1.29 is 17.9 Å². The number of ether oxygens (including phenoxy) is 1. The monoisotopic (exact) mass is 429 g/mol. The van der Waals surface area contributed by atoms with E-state index < -0.39 is 17.8 Å². The van der Waals surface area contributed by atoms with Gasteiger partial charge in [0.2, 0.25) is 0 Å². The number of rotatable bonds is 3. The molecular weight excluding hydrogens is 407 g/mol. The summed E-state index contributed by atoms with van der Waals surface area (Å²) in [6.07, 6.45) is -1.45. The number of nitrogen functional groups attached to an aromatic ring is 1. The highest BCUT2D eigenvalue weighted by atomic mass is 19.3. The maximum absolute atomic E-state index is 14.9. The Hall–Kier alpha value is -3.07. The van der Waals surface area contributed by atoms with Gasteiger partial charge in [0.1, 0.15) is 30.3 Å². The van der Waals surface area contributed by atoms with Crippen LogP contribution in [0.1, 0.15) is 30.4 Å².